The predicted molar refractivity (Wildman–Crippen MR) is 129 cm³/mol. The molecule has 4 aromatic carbocycles. The third-order valence-corrected chi connectivity index (χ3v) is 5.42. The van der Waals surface area contributed by atoms with Crippen LogP contribution >= 0.6 is 0 Å². The number of rotatable bonds is 7. The number of benzene rings is 4. The molecule has 0 atom stereocenters. The molecule has 0 aromatic heterocycles. The maximum absolute atomic E-state index is 13.1. The van der Waals surface area contributed by atoms with E-state index in [9.17, 15) is 23.1 Å². The fourth-order valence-corrected chi connectivity index (χ4v) is 3.85. The number of aryl methyl sites for hydroxylation is 1. The molecule has 0 radical (unpaired) electrons. The van der Waals surface area contributed by atoms with Gasteiger partial charge in [-0.1, -0.05) is 48.5 Å². The van der Waals surface area contributed by atoms with E-state index in [1.54, 1.807) is 48.5 Å². The monoisotopic (exact) mass is 478 g/mol. The molecular formula is C28H21F3O4. The maximum atomic E-state index is 13.1. The van der Waals surface area contributed by atoms with Crippen LogP contribution in [0.1, 0.15) is 17.5 Å². The van der Waals surface area contributed by atoms with E-state index in [-0.39, 0.29) is 12.2 Å². The second kappa shape index (κ2) is 9.93. The molecule has 0 aliphatic rings. The summed E-state index contributed by atoms with van der Waals surface area (Å²) in [4.78, 5) is 10.7. The summed E-state index contributed by atoms with van der Waals surface area (Å²) in [6, 6.07) is 22.0. The van der Waals surface area contributed by atoms with Gasteiger partial charge in [0.1, 0.15) is 17.2 Å². The van der Waals surface area contributed by atoms with Crippen molar-refractivity contribution in [2.75, 3.05) is 0 Å². The van der Waals surface area contributed by atoms with E-state index in [0.717, 1.165) is 6.08 Å². The van der Waals surface area contributed by atoms with Crippen LogP contribution in [0.3, 0.4) is 0 Å². The summed E-state index contributed by atoms with van der Waals surface area (Å²) in [5, 5.41) is 20.0. The molecule has 0 heterocycles. The number of phenols is 1. The molecule has 0 bridgehead atoms. The van der Waals surface area contributed by atoms with Gasteiger partial charge in [0.05, 0.1) is 0 Å². The van der Waals surface area contributed by atoms with Gasteiger partial charge in [0, 0.05) is 23.4 Å². The number of phenolic OH excluding ortho intramolecular Hbond substituents is 1. The Kier molecular flexibility index (Phi) is 6.78. The van der Waals surface area contributed by atoms with E-state index in [4.69, 9.17) is 9.84 Å². The normalized spacial score (nSPS) is 11.7. The third-order valence-electron chi connectivity index (χ3n) is 5.42. The van der Waals surface area contributed by atoms with Crippen LogP contribution in [0.4, 0.5) is 13.2 Å². The number of aliphatic carboxylic acids is 1. The van der Waals surface area contributed by atoms with Gasteiger partial charge in [-0.25, -0.2) is 4.79 Å². The van der Waals surface area contributed by atoms with Crippen molar-refractivity contribution in [2.45, 2.75) is 19.0 Å². The van der Waals surface area contributed by atoms with Crippen LogP contribution in [0.25, 0.3) is 28.0 Å². The van der Waals surface area contributed by atoms with Crippen molar-refractivity contribution in [3.8, 4) is 28.4 Å². The van der Waals surface area contributed by atoms with Crippen molar-refractivity contribution < 1.29 is 32.9 Å². The van der Waals surface area contributed by atoms with E-state index in [0.29, 0.717) is 44.5 Å². The van der Waals surface area contributed by atoms with Gasteiger partial charge in [0.2, 0.25) is 0 Å². The van der Waals surface area contributed by atoms with Gasteiger partial charge < -0.3 is 14.9 Å². The summed E-state index contributed by atoms with van der Waals surface area (Å²) < 4.78 is 45.7. The minimum atomic E-state index is -4.33. The summed E-state index contributed by atoms with van der Waals surface area (Å²) in [7, 11) is 0. The van der Waals surface area contributed by atoms with Crippen LogP contribution in [0.2, 0.25) is 0 Å². The van der Waals surface area contributed by atoms with Crippen LogP contribution in [-0.4, -0.2) is 22.4 Å². The fourth-order valence-electron chi connectivity index (χ4n) is 3.85. The average Bonchev–Trinajstić information content (AvgIpc) is 2.82. The Morgan fingerprint density at radius 1 is 0.943 bits per heavy atom. The van der Waals surface area contributed by atoms with Crippen molar-refractivity contribution in [3.63, 3.8) is 0 Å². The van der Waals surface area contributed by atoms with E-state index in [2.05, 4.69) is 0 Å². The SMILES string of the molecule is O=C(O)C=Cc1ccc(Oc2c(-c3ccccc3)c(CCC(F)(F)F)cc3cc(O)ccc23)cc1. The second-order valence-corrected chi connectivity index (χ2v) is 7.97. The molecule has 35 heavy (non-hydrogen) atoms. The number of halogens is 3. The molecule has 7 heteroatoms. The summed E-state index contributed by atoms with van der Waals surface area (Å²) in [6.45, 7) is 0. The Morgan fingerprint density at radius 2 is 1.66 bits per heavy atom. The van der Waals surface area contributed by atoms with Gasteiger partial charge in [-0.2, -0.15) is 13.2 Å². The maximum Gasteiger partial charge on any atom is 0.389 e. The summed E-state index contributed by atoms with van der Waals surface area (Å²) in [5.41, 5.74) is 2.35. The predicted octanol–water partition coefficient (Wildman–Crippen LogP) is 7.60. The van der Waals surface area contributed by atoms with E-state index in [1.165, 1.54) is 18.2 Å². The number of hydrogen-bond acceptors (Lipinski definition) is 3. The zero-order chi connectivity index (χ0) is 25.0. The van der Waals surface area contributed by atoms with Gasteiger partial charge >= 0.3 is 12.1 Å². The summed E-state index contributed by atoms with van der Waals surface area (Å²) in [5.74, 6) is -0.271. The zero-order valence-corrected chi connectivity index (χ0v) is 18.4. The smallest absolute Gasteiger partial charge is 0.389 e. The molecule has 2 N–H and O–H groups in total. The van der Waals surface area contributed by atoms with Crippen LogP contribution in [0, 0.1) is 0 Å². The lowest BCUT2D eigenvalue weighted by atomic mass is 9.91. The molecule has 4 rings (SSSR count). The minimum Gasteiger partial charge on any atom is -0.508 e. The highest BCUT2D eigenvalue weighted by Crippen LogP contribution is 2.44. The molecule has 0 unspecified atom stereocenters. The molecule has 0 spiro atoms. The van der Waals surface area contributed by atoms with Crippen LogP contribution < -0.4 is 4.74 Å². The molecule has 4 aromatic rings. The number of alkyl halides is 3. The first kappa shape index (κ1) is 23.9. The molecule has 0 saturated carbocycles. The van der Waals surface area contributed by atoms with E-state index < -0.39 is 18.6 Å². The van der Waals surface area contributed by atoms with Gasteiger partial charge in [-0.05, 0) is 64.9 Å². The highest BCUT2D eigenvalue weighted by molar-refractivity contribution is 5.98. The Labute approximate surface area is 199 Å². The highest BCUT2D eigenvalue weighted by Gasteiger charge is 2.28. The molecule has 178 valence electrons. The van der Waals surface area contributed by atoms with Gasteiger partial charge in [-0.15, -0.1) is 0 Å². The average molecular weight is 478 g/mol. The Balaban J connectivity index is 1.87. The standard InChI is InChI=1S/C28H21F3O4/c29-28(30,31)15-14-20-16-21-17-22(32)9-12-24(21)27(26(20)19-4-2-1-3-5-19)35-23-10-6-18(7-11-23)8-13-25(33)34/h1-13,16-17,32H,14-15H2,(H,33,34). The van der Waals surface area contributed by atoms with Crippen molar-refractivity contribution in [2.24, 2.45) is 0 Å². The molecular weight excluding hydrogens is 457 g/mol. The lowest BCUT2D eigenvalue weighted by molar-refractivity contribution is -0.134. The van der Waals surface area contributed by atoms with Gasteiger partial charge in [0.25, 0.3) is 0 Å². The van der Waals surface area contributed by atoms with Crippen molar-refractivity contribution in [1.29, 1.82) is 0 Å². The topological polar surface area (TPSA) is 66.8 Å². The Hall–Kier alpha value is -4.26. The molecule has 0 aliphatic carbocycles. The molecule has 0 saturated heterocycles. The van der Waals surface area contributed by atoms with Crippen LogP contribution in [0.15, 0.2) is 84.9 Å². The number of fused-ring (bicyclic) bond motifs is 1. The number of carbonyl (C=O) groups is 1. The molecule has 4 nitrogen and oxygen atoms in total. The van der Waals surface area contributed by atoms with Crippen molar-refractivity contribution in [1.82, 2.24) is 0 Å². The first-order valence-corrected chi connectivity index (χ1v) is 10.8. The Bertz CT molecular complexity index is 1380. The summed E-state index contributed by atoms with van der Waals surface area (Å²) >= 11 is 0. The number of ether oxygens (including phenoxy) is 1. The van der Waals surface area contributed by atoms with Crippen LogP contribution in [-0.2, 0) is 11.2 Å². The number of hydrogen-bond donors (Lipinski definition) is 2. The minimum absolute atomic E-state index is 0.00717. The lowest BCUT2D eigenvalue weighted by Crippen LogP contribution is -2.09. The highest BCUT2D eigenvalue weighted by atomic mass is 19.4. The molecule has 0 fully saturated rings. The zero-order valence-electron chi connectivity index (χ0n) is 18.4. The number of carboxylic acid groups (broad SMARTS) is 1. The van der Waals surface area contributed by atoms with Gasteiger partial charge in [0.15, 0.2) is 0 Å². The Morgan fingerprint density at radius 3 is 2.31 bits per heavy atom. The first-order valence-electron chi connectivity index (χ1n) is 10.8. The number of carboxylic acids is 1. The second-order valence-electron chi connectivity index (χ2n) is 7.97. The number of aromatic hydroxyl groups is 1. The fraction of sp³-hybridized carbons (Fsp3) is 0.107. The summed E-state index contributed by atoms with van der Waals surface area (Å²) in [6.07, 6.45) is -3.12. The van der Waals surface area contributed by atoms with E-state index in [1.807, 2.05) is 18.2 Å². The lowest BCUT2D eigenvalue weighted by Gasteiger charge is -2.20. The third kappa shape index (κ3) is 6.00. The van der Waals surface area contributed by atoms with E-state index >= 15 is 0 Å². The van der Waals surface area contributed by atoms with Crippen molar-refractivity contribution in [3.05, 3.63) is 96.1 Å². The largest absolute Gasteiger partial charge is 0.508 e. The quantitative estimate of drug-likeness (QED) is 0.269. The van der Waals surface area contributed by atoms with Gasteiger partial charge in [-0.3, -0.25) is 0 Å². The van der Waals surface area contributed by atoms with Crippen LogP contribution in [0.5, 0.6) is 17.2 Å². The molecule has 0 amide bonds. The molecule has 0 aliphatic heterocycles. The van der Waals surface area contributed by atoms with Crippen molar-refractivity contribution >= 4 is 22.8 Å². The first-order chi connectivity index (χ1) is 16.7.